The van der Waals surface area contributed by atoms with E-state index in [4.69, 9.17) is 9.47 Å². The van der Waals surface area contributed by atoms with Gasteiger partial charge in [0.05, 0.1) is 13.7 Å². The number of carbonyl (C=O) groups is 1. The number of carbonyl (C=O) groups excluding carboxylic acids is 1. The van der Waals surface area contributed by atoms with Crippen molar-refractivity contribution in [2.45, 2.75) is 26.3 Å². The Kier molecular flexibility index (Phi) is 7.93. The summed E-state index contributed by atoms with van der Waals surface area (Å²) in [5.74, 6) is 1.41. The highest BCUT2D eigenvalue weighted by Crippen LogP contribution is 2.36. The van der Waals surface area contributed by atoms with Gasteiger partial charge in [-0.15, -0.1) is 0 Å². The van der Waals surface area contributed by atoms with Crippen LogP contribution >= 0.6 is 0 Å². The lowest BCUT2D eigenvalue weighted by Gasteiger charge is -2.28. The summed E-state index contributed by atoms with van der Waals surface area (Å²) in [5.41, 5.74) is 3.74. The van der Waals surface area contributed by atoms with Crippen LogP contribution in [0.25, 0.3) is 0 Å². The van der Waals surface area contributed by atoms with Crippen LogP contribution in [0.1, 0.15) is 29.5 Å². The number of hydrogen-bond donors (Lipinski definition) is 1. The van der Waals surface area contributed by atoms with Crippen LogP contribution < -0.4 is 4.74 Å². The smallest absolute Gasteiger partial charge is 0.219 e. The van der Waals surface area contributed by atoms with Gasteiger partial charge in [-0.25, -0.2) is 0 Å². The normalized spacial score (nSPS) is 18.8. The van der Waals surface area contributed by atoms with Crippen molar-refractivity contribution in [3.63, 3.8) is 0 Å². The fraction of sp³-hybridized carbons (Fsp3) is 0.480. The molecule has 1 saturated heterocycles. The van der Waals surface area contributed by atoms with Crippen LogP contribution in [0.15, 0.2) is 42.5 Å². The maximum Gasteiger partial charge on any atom is 0.219 e. The van der Waals surface area contributed by atoms with Crippen LogP contribution in [0, 0.1) is 12.8 Å². The molecule has 31 heavy (non-hydrogen) atoms. The van der Waals surface area contributed by atoms with Crippen molar-refractivity contribution in [1.82, 2.24) is 9.80 Å². The van der Waals surface area contributed by atoms with E-state index < -0.39 is 0 Å². The first-order chi connectivity index (χ1) is 14.9. The van der Waals surface area contributed by atoms with E-state index in [0.717, 1.165) is 25.2 Å². The van der Waals surface area contributed by atoms with Crippen molar-refractivity contribution in [3.05, 3.63) is 59.2 Å². The second kappa shape index (κ2) is 10.6. The molecule has 0 aliphatic carbocycles. The third kappa shape index (κ3) is 5.77. The predicted octanol–water partition coefficient (Wildman–Crippen LogP) is 3.42. The number of ether oxygens (including phenoxy) is 2. The Morgan fingerprint density at radius 2 is 1.97 bits per heavy atom. The zero-order chi connectivity index (χ0) is 22.4. The van der Waals surface area contributed by atoms with Gasteiger partial charge in [0.15, 0.2) is 11.5 Å². The first kappa shape index (κ1) is 23.1. The van der Waals surface area contributed by atoms with Gasteiger partial charge < -0.3 is 19.5 Å². The molecule has 2 atom stereocenters. The quantitative estimate of drug-likeness (QED) is 0.666. The number of rotatable bonds is 9. The van der Waals surface area contributed by atoms with E-state index in [-0.39, 0.29) is 11.7 Å². The van der Waals surface area contributed by atoms with E-state index in [1.165, 1.54) is 11.1 Å². The van der Waals surface area contributed by atoms with Crippen LogP contribution in [-0.4, -0.2) is 67.8 Å². The molecule has 1 amide bonds. The zero-order valence-corrected chi connectivity index (χ0v) is 19.0. The molecule has 1 fully saturated rings. The highest BCUT2D eigenvalue weighted by atomic mass is 16.5. The van der Waals surface area contributed by atoms with Crippen LogP contribution in [0.5, 0.6) is 11.5 Å². The van der Waals surface area contributed by atoms with Crippen LogP contribution in [0.2, 0.25) is 0 Å². The molecule has 2 aromatic carbocycles. The fourth-order valence-corrected chi connectivity index (χ4v) is 4.57. The van der Waals surface area contributed by atoms with Gasteiger partial charge in [-0.3, -0.25) is 9.69 Å². The number of phenols is 1. The lowest BCUT2D eigenvalue weighted by molar-refractivity contribution is -0.130. The third-order valence-corrected chi connectivity index (χ3v) is 6.22. The summed E-state index contributed by atoms with van der Waals surface area (Å²) < 4.78 is 10.5. The number of amides is 1. The molecule has 1 aliphatic heterocycles. The van der Waals surface area contributed by atoms with Gasteiger partial charge in [-0.05, 0) is 41.7 Å². The topological polar surface area (TPSA) is 62.2 Å². The van der Waals surface area contributed by atoms with Gasteiger partial charge in [-0.1, -0.05) is 30.3 Å². The van der Waals surface area contributed by atoms with E-state index in [9.17, 15) is 9.90 Å². The summed E-state index contributed by atoms with van der Waals surface area (Å²) in [6, 6.07) is 14.1. The van der Waals surface area contributed by atoms with Crippen LogP contribution in [-0.2, 0) is 16.1 Å². The number of hydrogen-bond acceptors (Lipinski definition) is 5. The molecule has 0 bridgehead atoms. The molecule has 3 rings (SSSR count). The lowest BCUT2D eigenvalue weighted by Crippen LogP contribution is -2.38. The molecule has 168 valence electrons. The fourth-order valence-electron chi connectivity index (χ4n) is 4.57. The Morgan fingerprint density at radius 1 is 1.19 bits per heavy atom. The van der Waals surface area contributed by atoms with Gasteiger partial charge >= 0.3 is 0 Å². The average Bonchev–Trinajstić information content (AvgIpc) is 3.14. The summed E-state index contributed by atoms with van der Waals surface area (Å²) in [7, 11) is 3.23. The maximum absolute atomic E-state index is 12.2. The SMILES string of the molecule is COCCN(CC1CN(Cc2ccc(O)c(OC)c2)CC1c1ccccc1C)C(C)=O. The van der Waals surface area contributed by atoms with Crippen LogP contribution in [0.3, 0.4) is 0 Å². The molecule has 1 aliphatic rings. The van der Waals surface area contributed by atoms with Crippen molar-refractivity contribution in [2.24, 2.45) is 5.92 Å². The Morgan fingerprint density at radius 3 is 2.65 bits per heavy atom. The van der Waals surface area contributed by atoms with E-state index in [1.54, 1.807) is 27.2 Å². The summed E-state index contributed by atoms with van der Waals surface area (Å²) in [6.45, 7) is 8.26. The van der Waals surface area contributed by atoms with Crippen molar-refractivity contribution >= 4 is 5.91 Å². The Balaban J connectivity index is 1.81. The Labute approximate surface area is 185 Å². The molecule has 0 saturated carbocycles. The maximum atomic E-state index is 12.2. The number of aromatic hydroxyl groups is 1. The van der Waals surface area contributed by atoms with E-state index in [0.29, 0.717) is 37.3 Å². The van der Waals surface area contributed by atoms with E-state index in [1.807, 2.05) is 17.0 Å². The number of methoxy groups -OCH3 is 2. The second-order valence-electron chi connectivity index (χ2n) is 8.38. The second-order valence-corrected chi connectivity index (χ2v) is 8.38. The standard InChI is InChI=1S/C25H34N2O4/c1-18-7-5-6-8-22(18)23-17-26(14-20-9-10-24(29)25(13-20)31-4)15-21(23)16-27(19(2)28)11-12-30-3/h5-10,13,21,23,29H,11-12,14-17H2,1-4H3. The van der Waals surface area contributed by atoms with Gasteiger partial charge in [-0.2, -0.15) is 0 Å². The monoisotopic (exact) mass is 426 g/mol. The molecule has 0 aromatic heterocycles. The molecule has 1 N–H and O–H groups in total. The lowest BCUT2D eigenvalue weighted by atomic mass is 9.86. The Hall–Kier alpha value is -2.57. The van der Waals surface area contributed by atoms with E-state index >= 15 is 0 Å². The molecule has 1 heterocycles. The minimum Gasteiger partial charge on any atom is -0.504 e. The zero-order valence-electron chi connectivity index (χ0n) is 19.0. The number of nitrogens with zero attached hydrogens (tertiary/aromatic N) is 2. The number of aryl methyl sites for hydroxylation is 1. The largest absolute Gasteiger partial charge is 0.504 e. The third-order valence-electron chi connectivity index (χ3n) is 6.22. The van der Waals surface area contributed by atoms with Crippen molar-refractivity contribution in [1.29, 1.82) is 0 Å². The molecule has 0 spiro atoms. The van der Waals surface area contributed by atoms with Gasteiger partial charge in [0, 0.05) is 52.7 Å². The molecule has 6 heteroatoms. The Bertz CT molecular complexity index is 886. The summed E-state index contributed by atoms with van der Waals surface area (Å²) in [4.78, 5) is 16.6. The van der Waals surface area contributed by atoms with Crippen molar-refractivity contribution in [3.8, 4) is 11.5 Å². The average molecular weight is 427 g/mol. The van der Waals surface area contributed by atoms with Crippen molar-refractivity contribution < 1.29 is 19.4 Å². The molecule has 2 unspecified atom stereocenters. The minimum atomic E-state index is 0.0855. The van der Waals surface area contributed by atoms with Gasteiger partial charge in [0.2, 0.25) is 5.91 Å². The predicted molar refractivity (Wildman–Crippen MR) is 121 cm³/mol. The van der Waals surface area contributed by atoms with Gasteiger partial charge in [0.25, 0.3) is 0 Å². The summed E-state index contributed by atoms with van der Waals surface area (Å²) in [6.07, 6.45) is 0. The molecule has 6 nitrogen and oxygen atoms in total. The minimum absolute atomic E-state index is 0.0855. The van der Waals surface area contributed by atoms with E-state index in [2.05, 4.69) is 36.1 Å². The highest BCUT2D eigenvalue weighted by molar-refractivity contribution is 5.73. The number of benzene rings is 2. The van der Waals surface area contributed by atoms with Crippen molar-refractivity contribution in [2.75, 3.05) is 47.0 Å². The number of phenolic OH excluding ortho intramolecular Hbond substituents is 1. The summed E-state index contributed by atoms with van der Waals surface area (Å²) >= 11 is 0. The van der Waals surface area contributed by atoms with Crippen LogP contribution in [0.4, 0.5) is 0 Å². The molecular formula is C25H34N2O4. The molecule has 2 aromatic rings. The molecular weight excluding hydrogens is 392 g/mol. The first-order valence-corrected chi connectivity index (χ1v) is 10.8. The van der Waals surface area contributed by atoms with Gasteiger partial charge in [0.1, 0.15) is 0 Å². The molecule has 0 radical (unpaired) electrons. The highest BCUT2D eigenvalue weighted by Gasteiger charge is 2.36. The first-order valence-electron chi connectivity index (χ1n) is 10.8. The summed E-state index contributed by atoms with van der Waals surface area (Å²) in [5, 5.41) is 9.89. The number of likely N-dealkylation sites (tertiary alicyclic amines) is 1.